The van der Waals surface area contributed by atoms with Gasteiger partial charge in [0.15, 0.2) is 0 Å². The molecule has 118 valence electrons. The maximum atomic E-state index is 12.9. The number of rotatable bonds is 5. The summed E-state index contributed by atoms with van der Waals surface area (Å²) in [5, 5.41) is 3.37. The Balaban J connectivity index is 2.23. The molecule has 0 aliphatic carbocycles. The van der Waals surface area contributed by atoms with Crippen LogP contribution in [0.1, 0.15) is 38.7 Å². The Morgan fingerprint density at radius 3 is 2.76 bits per heavy atom. The number of sulfonamides is 1. The van der Waals surface area contributed by atoms with Gasteiger partial charge >= 0.3 is 0 Å². The monoisotopic (exact) mass is 310 g/mol. The second-order valence-electron chi connectivity index (χ2n) is 6.14. The molecule has 2 rings (SSSR count). The predicted octanol–water partition coefficient (Wildman–Crippen LogP) is 2.54. The highest BCUT2D eigenvalue weighted by Gasteiger charge is 2.33. The van der Waals surface area contributed by atoms with Crippen LogP contribution in [0.2, 0.25) is 0 Å². The lowest BCUT2D eigenvalue weighted by molar-refractivity contribution is 0.242. The number of benzene rings is 1. The van der Waals surface area contributed by atoms with Crippen molar-refractivity contribution in [2.24, 2.45) is 0 Å². The van der Waals surface area contributed by atoms with Crippen LogP contribution in [0, 0.1) is 6.92 Å². The van der Waals surface area contributed by atoms with Crippen molar-refractivity contribution < 1.29 is 8.42 Å². The molecule has 1 aliphatic rings. The molecular formula is C16H26N2O2S. The van der Waals surface area contributed by atoms with E-state index in [9.17, 15) is 8.42 Å². The van der Waals surface area contributed by atoms with E-state index in [1.807, 2.05) is 19.1 Å². The summed E-state index contributed by atoms with van der Waals surface area (Å²) in [5.41, 5.74) is 0.977. The Hall–Kier alpha value is -0.910. The number of aryl methyl sites for hydroxylation is 1. The number of hydrogen-bond acceptors (Lipinski definition) is 3. The fraction of sp³-hybridized carbons (Fsp3) is 0.625. The second kappa shape index (κ2) is 6.90. The molecule has 0 bridgehead atoms. The molecule has 1 aliphatic heterocycles. The van der Waals surface area contributed by atoms with Crippen LogP contribution in [-0.4, -0.2) is 37.9 Å². The van der Waals surface area contributed by atoms with Crippen molar-refractivity contribution in [3.8, 4) is 0 Å². The van der Waals surface area contributed by atoms with Gasteiger partial charge < -0.3 is 5.32 Å². The smallest absolute Gasteiger partial charge is 0.243 e. The molecule has 4 nitrogen and oxygen atoms in total. The molecule has 1 fully saturated rings. The molecule has 21 heavy (non-hydrogen) atoms. The third-order valence-electron chi connectivity index (χ3n) is 3.93. The molecule has 1 saturated heterocycles. The van der Waals surface area contributed by atoms with Crippen LogP contribution in [0.4, 0.5) is 0 Å². The lowest BCUT2D eigenvalue weighted by atomic mass is 10.0. The molecule has 1 aromatic rings. The molecule has 0 radical (unpaired) electrons. The summed E-state index contributed by atoms with van der Waals surface area (Å²) in [7, 11) is -3.39. The van der Waals surface area contributed by atoms with Crippen molar-refractivity contribution in [2.75, 3.05) is 13.1 Å². The highest BCUT2D eigenvalue weighted by Crippen LogP contribution is 2.25. The zero-order chi connectivity index (χ0) is 15.5. The molecule has 1 heterocycles. The minimum absolute atomic E-state index is 0.0617. The van der Waals surface area contributed by atoms with Gasteiger partial charge in [-0.25, -0.2) is 8.42 Å². The Bertz CT molecular complexity index is 569. The third kappa shape index (κ3) is 4.05. The molecule has 5 heteroatoms. The van der Waals surface area contributed by atoms with E-state index >= 15 is 0 Å². The minimum atomic E-state index is -3.39. The molecule has 1 atom stereocenters. The first-order chi connectivity index (χ1) is 9.91. The van der Waals surface area contributed by atoms with Crippen LogP contribution in [0.5, 0.6) is 0 Å². The van der Waals surface area contributed by atoms with E-state index in [1.165, 1.54) is 0 Å². The van der Waals surface area contributed by atoms with Crippen LogP contribution < -0.4 is 5.32 Å². The van der Waals surface area contributed by atoms with Crippen molar-refractivity contribution >= 4 is 10.0 Å². The van der Waals surface area contributed by atoms with Gasteiger partial charge in [-0.05, 0) is 37.5 Å². The van der Waals surface area contributed by atoms with Crippen molar-refractivity contribution in [1.29, 1.82) is 0 Å². The van der Waals surface area contributed by atoms with Gasteiger partial charge in [0, 0.05) is 25.2 Å². The number of hydrogen-bond donors (Lipinski definition) is 1. The zero-order valence-corrected chi connectivity index (χ0v) is 14.0. The van der Waals surface area contributed by atoms with Crippen molar-refractivity contribution in [1.82, 2.24) is 9.62 Å². The lowest BCUT2D eigenvalue weighted by Crippen LogP contribution is -2.49. The number of nitrogens with one attached hydrogen (secondary N) is 1. The fourth-order valence-electron chi connectivity index (χ4n) is 2.78. The summed E-state index contributed by atoms with van der Waals surface area (Å²) >= 11 is 0. The lowest BCUT2D eigenvalue weighted by Gasteiger charge is -2.35. The van der Waals surface area contributed by atoms with Gasteiger partial charge in [-0.3, -0.25) is 0 Å². The van der Waals surface area contributed by atoms with E-state index in [4.69, 9.17) is 0 Å². The van der Waals surface area contributed by atoms with Gasteiger partial charge in [0.25, 0.3) is 0 Å². The maximum absolute atomic E-state index is 12.9. The molecule has 1 N–H and O–H groups in total. The van der Waals surface area contributed by atoms with Gasteiger partial charge in [0.05, 0.1) is 4.90 Å². The molecule has 1 unspecified atom stereocenters. The van der Waals surface area contributed by atoms with Crippen LogP contribution >= 0.6 is 0 Å². The Morgan fingerprint density at radius 1 is 1.33 bits per heavy atom. The van der Waals surface area contributed by atoms with Gasteiger partial charge in [-0.1, -0.05) is 32.4 Å². The van der Waals surface area contributed by atoms with Gasteiger partial charge in [-0.15, -0.1) is 0 Å². The molecule has 0 aromatic heterocycles. The molecule has 0 saturated carbocycles. The van der Waals surface area contributed by atoms with Crippen LogP contribution in [0.3, 0.4) is 0 Å². The third-order valence-corrected chi connectivity index (χ3v) is 5.88. The first-order valence-corrected chi connectivity index (χ1v) is 9.17. The van der Waals surface area contributed by atoms with E-state index < -0.39 is 10.0 Å². The molecule has 0 amide bonds. The Kier molecular flexibility index (Phi) is 5.41. The van der Waals surface area contributed by atoms with E-state index in [0.29, 0.717) is 17.5 Å². The summed E-state index contributed by atoms with van der Waals surface area (Å²) in [5.74, 6) is 0. The molecular weight excluding hydrogens is 284 g/mol. The van der Waals surface area contributed by atoms with Crippen LogP contribution in [0.15, 0.2) is 29.2 Å². The second-order valence-corrected chi connectivity index (χ2v) is 8.04. The normalized spacial score (nSPS) is 20.9. The average molecular weight is 310 g/mol. The number of piperidine rings is 1. The highest BCUT2D eigenvalue weighted by atomic mass is 32.2. The topological polar surface area (TPSA) is 49.4 Å². The summed E-state index contributed by atoms with van der Waals surface area (Å²) in [6.45, 7) is 7.45. The van der Waals surface area contributed by atoms with Crippen molar-refractivity contribution in [3.63, 3.8) is 0 Å². The number of nitrogens with zero attached hydrogens (tertiary/aromatic N) is 1. The van der Waals surface area contributed by atoms with Crippen molar-refractivity contribution in [3.05, 3.63) is 29.8 Å². The van der Waals surface area contributed by atoms with E-state index in [1.54, 1.807) is 16.4 Å². The van der Waals surface area contributed by atoms with E-state index in [0.717, 1.165) is 31.4 Å². The first kappa shape index (κ1) is 16.5. The highest BCUT2D eigenvalue weighted by molar-refractivity contribution is 7.89. The first-order valence-electron chi connectivity index (χ1n) is 7.73. The maximum Gasteiger partial charge on any atom is 0.243 e. The largest absolute Gasteiger partial charge is 0.313 e. The summed E-state index contributed by atoms with van der Waals surface area (Å²) in [6.07, 6.45) is 2.98. The molecule has 1 aromatic carbocycles. The standard InChI is InChI=1S/C16H26N2O2S/c1-13(2)17-12-15-8-4-5-10-18(15)21(19,20)16-9-6-7-14(3)11-16/h6-7,9,11,13,15,17H,4-5,8,10,12H2,1-3H3. The fourth-order valence-corrected chi connectivity index (χ4v) is 4.58. The van der Waals surface area contributed by atoms with Crippen LogP contribution in [0.25, 0.3) is 0 Å². The minimum Gasteiger partial charge on any atom is -0.313 e. The predicted molar refractivity (Wildman–Crippen MR) is 85.8 cm³/mol. The average Bonchev–Trinajstić information content (AvgIpc) is 2.45. The van der Waals surface area contributed by atoms with Gasteiger partial charge in [0.2, 0.25) is 10.0 Å². The summed E-state index contributed by atoms with van der Waals surface area (Å²) in [6, 6.07) is 7.63. The Labute approximate surface area is 128 Å². The Morgan fingerprint density at radius 2 is 2.10 bits per heavy atom. The van der Waals surface area contributed by atoms with Crippen LogP contribution in [-0.2, 0) is 10.0 Å². The van der Waals surface area contributed by atoms with Gasteiger partial charge in [0.1, 0.15) is 0 Å². The molecule has 0 spiro atoms. The van der Waals surface area contributed by atoms with Gasteiger partial charge in [-0.2, -0.15) is 4.31 Å². The van der Waals surface area contributed by atoms with Crippen molar-refractivity contribution in [2.45, 2.75) is 57.0 Å². The summed E-state index contributed by atoms with van der Waals surface area (Å²) in [4.78, 5) is 0.416. The van der Waals surface area contributed by atoms with E-state index in [2.05, 4.69) is 19.2 Å². The van der Waals surface area contributed by atoms with E-state index in [-0.39, 0.29) is 6.04 Å². The zero-order valence-electron chi connectivity index (χ0n) is 13.2. The SMILES string of the molecule is Cc1cccc(S(=O)(=O)N2CCCCC2CNC(C)C)c1. The summed E-state index contributed by atoms with van der Waals surface area (Å²) < 4.78 is 27.5. The quantitative estimate of drug-likeness (QED) is 0.909.